The summed E-state index contributed by atoms with van der Waals surface area (Å²) in [4.78, 5) is 37.1. The van der Waals surface area contributed by atoms with Crippen molar-refractivity contribution >= 4 is 35.0 Å². The van der Waals surface area contributed by atoms with Crippen LogP contribution >= 0.6 is 11.8 Å². The van der Waals surface area contributed by atoms with Crippen molar-refractivity contribution in [3.05, 3.63) is 70.1 Å². The van der Waals surface area contributed by atoms with Gasteiger partial charge in [-0.1, -0.05) is 24.3 Å². The van der Waals surface area contributed by atoms with Gasteiger partial charge in [-0.3, -0.25) is 14.5 Å². The van der Waals surface area contributed by atoms with Gasteiger partial charge in [0.1, 0.15) is 5.75 Å². The number of nitrogens with zero attached hydrogens (tertiary/aromatic N) is 1. The number of carbonyl (C=O) groups excluding carboxylic acids is 2. The Balaban J connectivity index is 1.78. The van der Waals surface area contributed by atoms with Gasteiger partial charge in [0.05, 0.1) is 24.1 Å². The molecular weight excluding hydrogens is 354 g/mol. The first kappa shape index (κ1) is 17.8. The molecular formula is C19H15NO5S. The molecule has 1 N–H and O–H groups in total. The monoisotopic (exact) mass is 369 g/mol. The predicted molar refractivity (Wildman–Crippen MR) is 97.9 cm³/mol. The number of ether oxygens (including phenoxy) is 1. The van der Waals surface area contributed by atoms with Crippen LogP contribution in [0.1, 0.15) is 21.5 Å². The number of thioether (sulfide) groups is 1. The van der Waals surface area contributed by atoms with Crippen LogP contribution in [-0.2, 0) is 11.3 Å². The van der Waals surface area contributed by atoms with Gasteiger partial charge in [0.15, 0.2) is 0 Å². The van der Waals surface area contributed by atoms with Crippen LogP contribution in [-0.4, -0.2) is 34.2 Å². The molecule has 0 aliphatic carbocycles. The van der Waals surface area contributed by atoms with E-state index in [9.17, 15) is 14.4 Å². The zero-order chi connectivity index (χ0) is 18.7. The Hall–Kier alpha value is -3.06. The van der Waals surface area contributed by atoms with Crippen LogP contribution < -0.4 is 4.74 Å². The second-order valence-electron chi connectivity index (χ2n) is 5.55. The quantitative estimate of drug-likeness (QED) is 0.810. The summed E-state index contributed by atoms with van der Waals surface area (Å²) in [5.74, 6) is -0.731. The van der Waals surface area contributed by atoms with Crippen LogP contribution in [0.25, 0.3) is 6.08 Å². The minimum atomic E-state index is -1.02. The largest absolute Gasteiger partial charge is 0.497 e. The second kappa shape index (κ2) is 7.45. The maximum absolute atomic E-state index is 12.5. The molecule has 132 valence electrons. The predicted octanol–water partition coefficient (Wildman–Crippen LogP) is 3.63. The highest BCUT2D eigenvalue weighted by atomic mass is 32.2. The Morgan fingerprint density at radius 2 is 1.92 bits per heavy atom. The highest BCUT2D eigenvalue weighted by Gasteiger charge is 2.34. The van der Waals surface area contributed by atoms with Gasteiger partial charge in [-0.15, -0.1) is 0 Å². The van der Waals surface area contributed by atoms with Gasteiger partial charge in [-0.05, 0) is 53.2 Å². The fraction of sp³-hybridized carbons (Fsp3) is 0.105. The van der Waals surface area contributed by atoms with E-state index in [-0.39, 0.29) is 23.3 Å². The van der Waals surface area contributed by atoms with Gasteiger partial charge in [0.2, 0.25) is 0 Å². The van der Waals surface area contributed by atoms with Gasteiger partial charge in [-0.2, -0.15) is 0 Å². The van der Waals surface area contributed by atoms with E-state index in [1.807, 2.05) is 6.07 Å². The van der Waals surface area contributed by atoms with Crippen molar-refractivity contribution in [2.45, 2.75) is 6.54 Å². The molecule has 0 spiro atoms. The Morgan fingerprint density at radius 3 is 2.58 bits per heavy atom. The number of rotatable bonds is 5. The molecule has 1 heterocycles. The maximum atomic E-state index is 12.5. The molecule has 3 rings (SSSR count). The molecule has 0 atom stereocenters. The van der Waals surface area contributed by atoms with E-state index >= 15 is 0 Å². The molecule has 0 unspecified atom stereocenters. The van der Waals surface area contributed by atoms with Crippen molar-refractivity contribution in [1.29, 1.82) is 0 Å². The summed E-state index contributed by atoms with van der Waals surface area (Å²) >= 11 is 0.881. The van der Waals surface area contributed by atoms with Crippen LogP contribution in [0, 0.1) is 0 Å². The van der Waals surface area contributed by atoms with E-state index in [0.717, 1.165) is 22.2 Å². The van der Waals surface area contributed by atoms with E-state index in [4.69, 9.17) is 9.84 Å². The number of hydrogen-bond donors (Lipinski definition) is 1. The lowest BCUT2D eigenvalue weighted by Gasteiger charge is -2.12. The van der Waals surface area contributed by atoms with Crippen LogP contribution in [0.4, 0.5) is 4.79 Å². The minimum Gasteiger partial charge on any atom is -0.497 e. The van der Waals surface area contributed by atoms with E-state index in [1.165, 1.54) is 12.1 Å². The lowest BCUT2D eigenvalue weighted by molar-refractivity contribution is -0.123. The van der Waals surface area contributed by atoms with Crippen LogP contribution in [0.5, 0.6) is 5.75 Å². The molecule has 0 saturated carbocycles. The summed E-state index contributed by atoms with van der Waals surface area (Å²) in [6.07, 6.45) is 1.65. The third-order valence-electron chi connectivity index (χ3n) is 3.81. The third kappa shape index (κ3) is 3.78. The van der Waals surface area contributed by atoms with E-state index in [2.05, 4.69) is 0 Å². The minimum absolute atomic E-state index is 0.0972. The first-order chi connectivity index (χ1) is 12.5. The molecule has 1 saturated heterocycles. The molecule has 1 aliphatic heterocycles. The van der Waals surface area contributed by atoms with E-state index < -0.39 is 5.97 Å². The molecule has 1 fully saturated rings. The Morgan fingerprint density at radius 1 is 1.19 bits per heavy atom. The number of imide groups is 1. The summed E-state index contributed by atoms with van der Waals surface area (Å²) in [6.45, 7) is 0.0972. The lowest BCUT2D eigenvalue weighted by Crippen LogP contribution is -2.27. The molecule has 2 amide bonds. The first-order valence-corrected chi connectivity index (χ1v) is 8.51. The molecule has 26 heavy (non-hydrogen) atoms. The van der Waals surface area contributed by atoms with Crippen molar-refractivity contribution in [1.82, 2.24) is 4.90 Å². The van der Waals surface area contributed by atoms with Crippen LogP contribution in [0.3, 0.4) is 0 Å². The van der Waals surface area contributed by atoms with Gasteiger partial charge < -0.3 is 9.84 Å². The normalized spacial score (nSPS) is 15.6. The van der Waals surface area contributed by atoms with Crippen molar-refractivity contribution in [2.24, 2.45) is 0 Å². The average molecular weight is 369 g/mol. The zero-order valence-corrected chi connectivity index (χ0v) is 14.7. The molecule has 2 aromatic carbocycles. The molecule has 1 aliphatic rings. The summed E-state index contributed by atoms with van der Waals surface area (Å²) in [5, 5.41) is 8.56. The van der Waals surface area contributed by atoms with Gasteiger partial charge in [0, 0.05) is 0 Å². The highest BCUT2D eigenvalue weighted by molar-refractivity contribution is 8.18. The number of benzene rings is 2. The fourth-order valence-electron chi connectivity index (χ4n) is 2.45. The first-order valence-electron chi connectivity index (χ1n) is 7.69. The molecule has 6 nitrogen and oxygen atoms in total. The summed E-state index contributed by atoms with van der Waals surface area (Å²) in [5.41, 5.74) is 1.60. The number of methoxy groups -OCH3 is 1. The van der Waals surface area contributed by atoms with Crippen molar-refractivity contribution in [3.63, 3.8) is 0 Å². The maximum Gasteiger partial charge on any atom is 0.335 e. The number of amides is 2. The van der Waals surface area contributed by atoms with Gasteiger partial charge >= 0.3 is 5.97 Å². The average Bonchev–Trinajstić information content (AvgIpc) is 2.90. The topological polar surface area (TPSA) is 83.9 Å². The summed E-state index contributed by atoms with van der Waals surface area (Å²) in [6, 6.07) is 13.3. The molecule has 0 aromatic heterocycles. The Kier molecular flexibility index (Phi) is 5.09. The third-order valence-corrected chi connectivity index (χ3v) is 4.71. The molecule has 7 heteroatoms. The number of carboxylic acid groups (broad SMARTS) is 1. The summed E-state index contributed by atoms with van der Waals surface area (Å²) in [7, 11) is 1.56. The van der Waals surface area contributed by atoms with E-state index in [0.29, 0.717) is 16.2 Å². The molecule has 2 aromatic rings. The lowest BCUT2D eigenvalue weighted by atomic mass is 10.1. The number of hydrogen-bond acceptors (Lipinski definition) is 5. The highest BCUT2D eigenvalue weighted by Crippen LogP contribution is 2.33. The summed E-state index contributed by atoms with van der Waals surface area (Å²) < 4.78 is 5.15. The number of carboxylic acids is 1. The van der Waals surface area contributed by atoms with E-state index in [1.54, 1.807) is 43.5 Å². The Bertz CT molecular complexity index is 904. The van der Waals surface area contributed by atoms with Crippen LogP contribution in [0.2, 0.25) is 0 Å². The fourth-order valence-corrected chi connectivity index (χ4v) is 3.29. The van der Waals surface area contributed by atoms with Crippen molar-refractivity contribution in [3.8, 4) is 5.75 Å². The van der Waals surface area contributed by atoms with Gasteiger partial charge in [0.25, 0.3) is 11.1 Å². The number of carbonyl (C=O) groups is 3. The SMILES string of the molecule is COc1cccc(/C=C2\SC(=O)N(Cc3ccc(C(=O)O)cc3)C2=O)c1. The van der Waals surface area contributed by atoms with Gasteiger partial charge in [-0.25, -0.2) is 4.79 Å². The number of aromatic carboxylic acids is 1. The Labute approximate surface area is 154 Å². The smallest absolute Gasteiger partial charge is 0.335 e. The van der Waals surface area contributed by atoms with Crippen LogP contribution in [0.15, 0.2) is 53.4 Å². The zero-order valence-electron chi connectivity index (χ0n) is 13.8. The van der Waals surface area contributed by atoms with Crippen molar-refractivity contribution in [2.75, 3.05) is 7.11 Å². The standard InChI is InChI=1S/C19H15NO5S/c1-25-15-4-2-3-13(9-15)10-16-17(21)20(19(24)26-16)11-12-5-7-14(8-6-12)18(22)23/h2-10H,11H2,1H3,(H,22,23)/b16-10-. The molecule has 0 radical (unpaired) electrons. The molecule has 0 bridgehead atoms. The second-order valence-corrected chi connectivity index (χ2v) is 6.54. The van der Waals surface area contributed by atoms with Crippen molar-refractivity contribution < 1.29 is 24.2 Å².